The molecule has 0 aromatic carbocycles. The highest BCUT2D eigenvalue weighted by Gasteiger charge is 2.21. The zero-order valence-electron chi connectivity index (χ0n) is 11.0. The average Bonchev–Trinajstić information content (AvgIpc) is 2.66. The summed E-state index contributed by atoms with van der Waals surface area (Å²) in [5.74, 6) is 2.60. The third-order valence-electron chi connectivity index (χ3n) is 3.41. The van der Waals surface area contributed by atoms with Crippen molar-refractivity contribution < 1.29 is 9.15 Å². The van der Waals surface area contributed by atoms with Crippen LogP contribution >= 0.6 is 0 Å². The summed E-state index contributed by atoms with van der Waals surface area (Å²) in [4.78, 5) is 11.2. The van der Waals surface area contributed by atoms with E-state index >= 15 is 0 Å². The van der Waals surface area contributed by atoms with Crippen molar-refractivity contribution in [3.05, 3.63) is 17.1 Å². The van der Waals surface area contributed by atoms with Gasteiger partial charge < -0.3 is 14.1 Å². The van der Waals surface area contributed by atoms with Crippen LogP contribution in [0.1, 0.15) is 17.1 Å². The van der Waals surface area contributed by atoms with Crippen LogP contribution in [0, 0.1) is 20.8 Å². The highest BCUT2D eigenvalue weighted by Crippen LogP contribution is 2.30. The smallest absolute Gasteiger partial charge is 0.195 e. The number of anilines is 1. The molecule has 18 heavy (non-hydrogen) atoms. The van der Waals surface area contributed by atoms with Crippen molar-refractivity contribution in [1.29, 1.82) is 0 Å². The molecule has 3 rings (SSSR count). The van der Waals surface area contributed by atoms with E-state index in [1.165, 1.54) is 0 Å². The number of furan rings is 1. The number of aromatic nitrogens is 2. The average molecular weight is 247 g/mol. The summed E-state index contributed by atoms with van der Waals surface area (Å²) < 4.78 is 11.2. The second-order valence-corrected chi connectivity index (χ2v) is 4.65. The Morgan fingerprint density at radius 3 is 2.50 bits per heavy atom. The van der Waals surface area contributed by atoms with Crippen molar-refractivity contribution in [2.24, 2.45) is 0 Å². The lowest BCUT2D eigenvalue weighted by molar-refractivity contribution is 0.122. The van der Waals surface area contributed by atoms with Gasteiger partial charge in [0.05, 0.1) is 13.2 Å². The third kappa shape index (κ3) is 1.75. The van der Waals surface area contributed by atoms with Crippen LogP contribution in [-0.4, -0.2) is 36.3 Å². The Morgan fingerprint density at radius 2 is 1.78 bits per heavy atom. The zero-order valence-corrected chi connectivity index (χ0v) is 11.0. The number of morpholine rings is 1. The number of rotatable bonds is 1. The van der Waals surface area contributed by atoms with Crippen molar-refractivity contribution in [3.8, 4) is 0 Å². The molecule has 0 atom stereocenters. The predicted molar refractivity (Wildman–Crippen MR) is 69.0 cm³/mol. The first-order valence-corrected chi connectivity index (χ1v) is 6.24. The maximum Gasteiger partial charge on any atom is 0.195 e. The maximum absolute atomic E-state index is 5.83. The van der Waals surface area contributed by atoms with Gasteiger partial charge >= 0.3 is 0 Å². The summed E-state index contributed by atoms with van der Waals surface area (Å²) in [6, 6.07) is 0. The van der Waals surface area contributed by atoms with Crippen LogP contribution in [0.4, 0.5) is 5.82 Å². The number of ether oxygens (including phenoxy) is 1. The van der Waals surface area contributed by atoms with E-state index in [9.17, 15) is 0 Å². The molecule has 0 bridgehead atoms. The Kier molecular flexibility index (Phi) is 2.70. The highest BCUT2D eigenvalue weighted by atomic mass is 16.5. The zero-order chi connectivity index (χ0) is 12.7. The summed E-state index contributed by atoms with van der Waals surface area (Å²) >= 11 is 0. The maximum atomic E-state index is 5.83. The van der Waals surface area contributed by atoms with Gasteiger partial charge in [0.2, 0.25) is 0 Å². The lowest BCUT2D eigenvalue weighted by Crippen LogP contribution is -2.37. The van der Waals surface area contributed by atoms with Gasteiger partial charge in [-0.3, -0.25) is 0 Å². The minimum atomic E-state index is 0.739. The minimum absolute atomic E-state index is 0.739. The van der Waals surface area contributed by atoms with Gasteiger partial charge in [0.25, 0.3) is 0 Å². The third-order valence-corrected chi connectivity index (χ3v) is 3.41. The summed E-state index contributed by atoms with van der Waals surface area (Å²) in [5.41, 5.74) is 2.84. The molecule has 1 aliphatic heterocycles. The first kappa shape index (κ1) is 11.5. The molecule has 1 saturated heterocycles. The molecule has 0 amide bonds. The molecule has 2 aromatic rings. The van der Waals surface area contributed by atoms with E-state index in [4.69, 9.17) is 9.15 Å². The fourth-order valence-electron chi connectivity index (χ4n) is 2.28. The van der Waals surface area contributed by atoms with Gasteiger partial charge in [0.15, 0.2) is 11.4 Å². The molecule has 5 heteroatoms. The SMILES string of the molecule is Cc1nc(N2CCOCC2)c2oc(C)c(C)c2n1. The second kappa shape index (κ2) is 4.24. The van der Waals surface area contributed by atoms with Crippen molar-refractivity contribution in [3.63, 3.8) is 0 Å². The molecule has 0 saturated carbocycles. The monoisotopic (exact) mass is 247 g/mol. The molecule has 1 fully saturated rings. The van der Waals surface area contributed by atoms with Crippen LogP contribution in [0.2, 0.25) is 0 Å². The van der Waals surface area contributed by atoms with Gasteiger partial charge in [0, 0.05) is 18.7 Å². The molecule has 2 aromatic heterocycles. The molecular formula is C13H17N3O2. The minimum Gasteiger partial charge on any atom is -0.455 e. The van der Waals surface area contributed by atoms with Crippen LogP contribution < -0.4 is 4.90 Å². The fourth-order valence-corrected chi connectivity index (χ4v) is 2.28. The van der Waals surface area contributed by atoms with Crippen LogP contribution in [0.5, 0.6) is 0 Å². The number of fused-ring (bicyclic) bond motifs is 1. The molecule has 1 aliphatic rings. The largest absolute Gasteiger partial charge is 0.455 e. The first-order valence-electron chi connectivity index (χ1n) is 6.24. The van der Waals surface area contributed by atoms with Crippen LogP contribution in [0.25, 0.3) is 11.1 Å². The summed E-state index contributed by atoms with van der Waals surface area (Å²) in [5, 5.41) is 0. The van der Waals surface area contributed by atoms with E-state index in [0.717, 1.165) is 60.4 Å². The van der Waals surface area contributed by atoms with E-state index < -0.39 is 0 Å². The van der Waals surface area contributed by atoms with Crippen molar-refractivity contribution in [2.75, 3.05) is 31.2 Å². The Bertz CT molecular complexity index is 585. The normalized spacial score (nSPS) is 16.5. The number of hydrogen-bond donors (Lipinski definition) is 0. The van der Waals surface area contributed by atoms with Crippen LogP contribution in [-0.2, 0) is 4.74 Å². The van der Waals surface area contributed by atoms with Crippen LogP contribution in [0.15, 0.2) is 4.42 Å². The molecule has 96 valence electrons. The fraction of sp³-hybridized carbons (Fsp3) is 0.538. The Balaban J connectivity index is 2.17. The van der Waals surface area contributed by atoms with E-state index in [0.29, 0.717) is 0 Å². The molecule has 0 aliphatic carbocycles. The summed E-state index contributed by atoms with van der Waals surface area (Å²) in [6.07, 6.45) is 0. The summed E-state index contributed by atoms with van der Waals surface area (Å²) in [6.45, 7) is 9.11. The first-order chi connectivity index (χ1) is 8.66. The lowest BCUT2D eigenvalue weighted by atomic mass is 10.2. The highest BCUT2D eigenvalue weighted by molar-refractivity contribution is 5.87. The van der Waals surface area contributed by atoms with Crippen molar-refractivity contribution in [2.45, 2.75) is 20.8 Å². The second-order valence-electron chi connectivity index (χ2n) is 4.65. The standard InChI is InChI=1S/C13H17N3O2/c1-8-9(2)18-12-11(8)14-10(3)15-13(12)16-4-6-17-7-5-16/h4-7H2,1-3H3. The molecule has 0 spiro atoms. The van der Waals surface area contributed by atoms with E-state index in [1.807, 2.05) is 20.8 Å². The molecule has 0 unspecified atom stereocenters. The predicted octanol–water partition coefficient (Wildman–Crippen LogP) is 1.98. The molecule has 0 radical (unpaired) electrons. The van der Waals surface area contributed by atoms with Gasteiger partial charge in [-0.25, -0.2) is 9.97 Å². The number of aryl methyl sites for hydroxylation is 3. The Morgan fingerprint density at radius 1 is 1.06 bits per heavy atom. The Labute approximate surface area is 106 Å². The van der Waals surface area contributed by atoms with E-state index in [-0.39, 0.29) is 0 Å². The van der Waals surface area contributed by atoms with Crippen LogP contribution in [0.3, 0.4) is 0 Å². The summed E-state index contributed by atoms with van der Waals surface area (Å²) in [7, 11) is 0. The van der Waals surface area contributed by atoms with Crippen molar-refractivity contribution in [1.82, 2.24) is 9.97 Å². The van der Waals surface area contributed by atoms with Gasteiger partial charge in [0.1, 0.15) is 17.1 Å². The van der Waals surface area contributed by atoms with Gasteiger partial charge in [-0.2, -0.15) is 0 Å². The quantitative estimate of drug-likeness (QED) is 0.771. The van der Waals surface area contributed by atoms with E-state index in [2.05, 4.69) is 14.9 Å². The van der Waals surface area contributed by atoms with Gasteiger partial charge in [-0.05, 0) is 20.8 Å². The number of hydrogen-bond acceptors (Lipinski definition) is 5. The molecule has 3 heterocycles. The Hall–Kier alpha value is -1.62. The molecular weight excluding hydrogens is 230 g/mol. The molecule has 0 N–H and O–H groups in total. The van der Waals surface area contributed by atoms with E-state index in [1.54, 1.807) is 0 Å². The topological polar surface area (TPSA) is 51.4 Å². The van der Waals surface area contributed by atoms with Gasteiger partial charge in [-0.15, -0.1) is 0 Å². The number of nitrogens with zero attached hydrogens (tertiary/aromatic N) is 3. The van der Waals surface area contributed by atoms with Gasteiger partial charge in [-0.1, -0.05) is 0 Å². The van der Waals surface area contributed by atoms with Crippen molar-refractivity contribution >= 4 is 16.9 Å². The lowest BCUT2D eigenvalue weighted by Gasteiger charge is -2.27. The molecule has 5 nitrogen and oxygen atoms in total.